The van der Waals surface area contributed by atoms with Crippen molar-refractivity contribution in [3.63, 3.8) is 0 Å². The lowest BCUT2D eigenvalue weighted by molar-refractivity contribution is 0.0983. The summed E-state index contributed by atoms with van der Waals surface area (Å²) >= 11 is 0. The van der Waals surface area contributed by atoms with E-state index in [4.69, 9.17) is 9.53 Å². The van der Waals surface area contributed by atoms with Gasteiger partial charge in [-0.2, -0.15) is 0 Å². The summed E-state index contributed by atoms with van der Waals surface area (Å²) in [5, 5.41) is 0. The van der Waals surface area contributed by atoms with Gasteiger partial charge < -0.3 is 9.72 Å². The second-order valence-electron chi connectivity index (χ2n) is 5.24. The van der Waals surface area contributed by atoms with Crippen molar-refractivity contribution in [1.82, 2.24) is 15.0 Å². The van der Waals surface area contributed by atoms with Gasteiger partial charge in [0.15, 0.2) is 5.82 Å². The van der Waals surface area contributed by atoms with Crippen LogP contribution in [0.5, 0.6) is 5.75 Å². The van der Waals surface area contributed by atoms with Crippen molar-refractivity contribution in [1.29, 1.82) is 0 Å². The summed E-state index contributed by atoms with van der Waals surface area (Å²) in [4.78, 5) is 32.2. The standard InChI is InChI=1S/C17H17N3O2.CF2O/c1-3-22-16-8-9-18-14(11(16)2)10-15(21)17-19-12-6-4-5-7-13(12)20-17;2-1(3)4/h4-9H,3,10H2,1-2H3,(H,19,20);. The van der Waals surface area contributed by atoms with E-state index >= 15 is 0 Å². The minimum absolute atomic E-state index is 0.0829. The number of fused-ring (bicyclic) bond motifs is 1. The van der Waals surface area contributed by atoms with Crippen LogP contribution >= 0.6 is 0 Å². The Bertz CT molecular complexity index is 888. The first-order valence-electron chi connectivity index (χ1n) is 7.82. The number of nitrogens with one attached hydrogen (secondary N) is 1. The highest BCUT2D eigenvalue weighted by Gasteiger charge is 2.15. The highest BCUT2D eigenvalue weighted by molar-refractivity contribution is 5.97. The van der Waals surface area contributed by atoms with Gasteiger partial charge in [0.2, 0.25) is 5.78 Å². The maximum absolute atomic E-state index is 12.4. The zero-order valence-electron chi connectivity index (χ0n) is 14.3. The lowest BCUT2D eigenvalue weighted by Gasteiger charge is -2.09. The summed E-state index contributed by atoms with van der Waals surface area (Å²) in [5.41, 5.74) is 3.27. The van der Waals surface area contributed by atoms with Crippen molar-refractivity contribution in [3.8, 4) is 5.75 Å². The van der Waals surface area contributed by atoms with Crippen LogP contribution in [0.4, 0.5) is 13.6 Å². The molecular weight excluding hydrogens is 344 g/mol. The Morgan fingerprint density at radius 1 is 1.19 bits per heavy atom. The Labute approximate surface area is 148 Å². The Morgan fingerprint density at radius 3 is 2.54 bits per heavy atom. The molecule has 0 bridgehead atoms. The molecular formula is C18H17F2N3O3. The molecule has 0 fully saturated rings. The number of ether oxygens (including phenoxy) is 1. The molecule has 2 heterocycles. The first-order valence-corrected chi connectivity index (χ1v) is 7.82. The molecule has 3 aromatic rings. The minimum Gasteiger partial charge on any atom is -0.493 e. The summed E-state index contributed by atoms with van der Waals surface area (Å²) in [6.45, 7) is 4.43. The van der Waals surface area contributed by atoms with Gasteiger partial charge in [-0.1, -0.05) is 12.1 Å². The number of hydrogen-bond donors (Lipinski definition) is 1. The monoisotopic (exact) mass is 361 g/mol. The molecule has 0 saturated heterocycles. The number of Topliss-reactive ketones (excluding diaryl/α,β-unsaturated/α-hetero) is 1. The van der Waals surface area contributed by atoms with E-state index in [-0.39, 0.29) is 12.2 Å². The number of para-hydroxylation sites is 2. The second kappa shape index (κ2) is 8.80. The molecule has 0 spiro atoms. The second-order valence-corrected chi connectivity index (χ2v) is 5.24. The Morgan fingerprint density at radius 2 is 1.88 bits per heavy atom. The minimum atomic E-state index is -2.83. The number of ketones is 1. The van der Waals surface area contributed by atoms with Gasteiger partial charge in [0.05, 0.1) is 29.8 Å². The molecule has 0 aliphatic heterocycles. The number of aromatic nitrogens is 3. The number of benzene rings is 1. The average molecular weight is 361 g/mol. The van der Waals surface area contributed by atoms with Gasteiger partial charge in [-0.15, -0.1) is 8.78 Å². The lowest BCUT2D eigenvalue weighted by Crippen LogP contribution is -2.09. The highest BCUT2D eigenvalue weighted by atomic mass is 19.3. The molecule has 0 saturated carbocycles. The summed E-state index contributed by atoms with van der Waals surface area (Å²) in [7, 11) is 0. The summed E-state index contributed by atoms with van der Waals surface area (Å²) in [6.07, 6.45) is -0.966. The van der Waals surface area contributed by atoms with Gasteiger partial charge in [0.1, 0.15) is 5.75 Å². The molecule has 0 unspecified atom stereocenters. The van der Waals surface area contributed by atoms with Crippen molar-refractivity contribution in [2.24, 2.45) is 0 Å². The Hall–Kier alpha value is -3.16. The predicted molar refractivity (Wildman–Crippen MR) is 91.9 cm³/mol. The van der Waals surface area contributed by atoms with Crippen LogP contribution in [0.25, 0.3) is 11.0 Å². The smallest absolute Gasteiger partial charge is 0.483 e. The van der Waals surface area contributed by atoms with E-state index in [1.54, 1.807) is 6.20 Å². The fourth-order valence-corrected chi connectivity index (χ4v) is 2.37. The third-order valence-corrected chi connectivity index (χ3v) is 3.54. The normalized spacial score (nSPS) is 10.2. The van der Waals surface area contributed by atoms with Crippen molar-refractivity contribution >= 4 is 23.1 Å². The number of H-pyrrole nitrogens is 1. The van der Waals surface area contributed by atoms with Crippen molar-refractivity contribution in [2.45, 2.75) is 20.3 Å². The molecule has 1 N–H and O–H groups in total. The molecule has 0 radical (unpaired) electrons. The molecule has 1 aromatic carbocycles. The summed E-state index contributed by atoms with van der Waals surface area (Å²) < 4.78 is 24.9. The van der Waals surface area contributed by atoms with Gasteiger partial charge >= 0.3 is 6.29 Å². The van der Waals surface area contributed by atoms with Crippen molar-refractivity contribution < 1.29 is 23.1 Å². The SMILES string of the molecule is CCOc1ccnc(CC(=O)c2nc3ccccc3[nH]2)c1C.O=C(F)F. The number of nitrogens with zero attached hydrogens (tertiary/aromatic N) is 2. The highest BCUT2D eigenvalue weighted by Crippen LogP contribution is 2.21. The van der Waals surface area contributed by atoms with E-state index < -0.39 is 6.29 Å². The van der Waals surface area contributed by atoms with Gasteiger partial charge in [-0.25, -0.2) is 9.78 Å². The van der Waals surface area contributed by atoms with Crippen LogP contribution in [0.3, 0.4) is 0 Å². The van der Waals surface area contributed by atoms with Gasteiger partial charge in [-0.3, -0.25) is 9.78 Å². The molecule has 136 valence electrons. The van der Waals surface area contributed by atoms with Crippen LogP contribution in [0.2, 0.25) is 0 Å². The number of halogens is 2. The molecule has 3 rings (SSSR count). The largest absolute Gasteiger partial charge is 0.493 e. The van der Waals surface area contributed by atoms with Gasteiger partial charge in [-0.05, 0) is 32.0 Å². The van der Waals surface area contributed by atoms with E-state index in [1.807, 2.05) is 44.2 Å². The number of carbonyl (C=O) groups excluding carboxylic acids is 2. The Balaban J connectivity index is 0.000000552. The molecule has 26 heavy (non-hydrogen) atoms. The average Bonchev–Trinajstić information content (AvgIpc) is 3.02. The zero-order chi connectivity index (χ0) is 19.1. The number of hydrogen-bond acceptors (Lipinski definition) is 5. The van der Waals surface area contributed by atoms with E-state index in [0.29, 0.717) is 12.4 Å². The van der Waals surface area contributed by atoms with Crippen molar-refractivity contribution in [3.05, 3.63) is 53.6 Å². The first-order chi connectivity index (χ1) is 12.4. The number of rotatable bonds is 5. The number of imidazole rings is 1. The lowest BCUT2D eigenvalue weighted by atomic mass is 10.1. The van der Waals surface area contributed by atoms with E-state index in [1.165, 1.54) is 0 Å². The van der Waals surface area contributed by atoms with Gasteiger partial charge in [0.25, 0.3) is 0 Å². The van der Waals surface area contributed by atoms with Crippen LogP contribution in [-0.2, 0) is 6.42 Å². The van der Waals surface area contributed by atoms with E-state index in [9.17, 15) is 13.6 Å². The van der Waals surface area contributed by atoms with Crippen LogP contribution in [0.1, 0.15) is 28.8 Å². The van der Waals surface area contributed by atoms with Crippen LogP contribution < -0.4 is 4.74 Å². The summed E-state index contributed by atoms with van der Waals surface area (Å²) in [6, 6.07) is 9.40. The van der Waals surface area contributed by atoms with Crippen LogP contribution in [0.15, 0.2) is 36.5 Å². The molecule has 0 aliphatic rings. The summed E-state index contributed by atoms with van der Waals surface area (Å²) in [5.74, 6) is 1.05. The third-order valence-electron chi connectivity index (χ3n) is 3.54. The number of pyridine rings is 1. The maximum atomic E-state index is 12.4. The van der Waals surface area contributed by atoms with Crippen molar-refractivity contribution in [2.75, 3.05) is 6.61 Å². The molecule has 2 aromatic heterocycles. The van der Waals surface area contributed by atoms with E-state index in [2.05, 4.69) is 15.0 Å². The fraction of sp³-hybridized carbons (Fsp3) is 0.222. The topological polar surface area (TPSA) is 84.9 Å². The molecule has 0 amide bonds. The molecule has 8 heteroatoms. The maximum Gasteiger partial charge on any atom is 0.483 e. The number of aromatic amines is 1. The quantitative estimate of drug-likeness (QED) is 0.545. The van der Waals surface area contributed by atoms with Crippen LogP contribution in [-0.4, -0.2) is 33.6 Å². The number of carbonyl (C=O) groups is 2. The van der Waals surface area contributed by atoms with Gasteiger partial charge in [0, 0.05) is 11.8 Å². The predicted octanol–water partition coefficient (Wildman–Crippen LogP) is 4.14. The zero-order valence-corrected chi connectivity index (χ0v) is 14.3. The third kappa shape index (κ3) is 4.92. The van der Waals surface area contributed by atoms with E-state index in [0.717, 1.165) is 28.0 Å². The first kappa shape index (κ1) is 19.2. The molecule has 0 atom stereocenters. The Kier molecular flexibility index (Phi) is 6.48. The molecule has 6 nitrogen and oxygen atoms in total. The molecule has 0 aliphatic carbocycles. The van der Waals surface area contributed by atoms with Crippen LogP contribution in [0, 0.1) is 6.92 Å². The fourth-order valence-electron chi connectivity index (χ4n) is 2.37.